The van der Waals surface area contributed by atoms with Crippen molar-refractivity contribution in [3.63, 3.8) is 0 Å². The van der Waals surface area contributed by atoms with Crippen molar-refractivity contribution in [2.24, 2.45) is 5.41 Å². The molecule has 0 N–H and O–H groups in total. The van der Waals surface area contributed by atoms with E-state index < -0.39 is 5.92 Å². The molecule has 1 aliphatic rings. The van der Waals surface area contributed by atoms with E-state index in [1.54, 1.807) is 0 Å². The maximum atomic E-state index is 12.6. The molecule has 0 aliphatic heterocycles. The molecule has 0 aromatic heterocycles. The van der Waals surface area contributed by atoms with E-state index in [0.717, 1.165) is 27.8 Å². The Morgan fingerprint density at radius 1 is 0.920 bits per heavy atom. The highest BCUT2D eigenvalue weighted by Gasteiger charge is 2.40. The summed E-state index contributed by atoms with van der Waals surface area (Å²) < 4.78 is 0. The lowest BCUT2D eigenvalue weighted by Crippen LogP contribution is -2.36. The van der Waals surface area contributed by atoms with Crippen molar-refractivity contribution < 1.29 is 9.59 Å². The quantitative estimate of drug-likeness (QED) is 0.651. The number of hydrogen-bond acceptors (Lipinski definition) is 2. The Hall–Kier alpha value is -1.93. The van der Waals surface area contributed by atoms with E-state index >= 15 is 0 Å². The van der Waals surface area contributed by atoms with Gasteiger partial charge in [0.1, 0.15) is 17.5 Å². The Kier molecular flexibility index (Phi) is 4.59. The molecular weight excluding hydrogens is 332 g/mol. The van der Waals surface area contributed by atoms with Crippen molar-refractivity contribution in [2.75, 3.05) is 0 Å². The van der Waals surface area contributed by atoms with Crippen molar-refractivity contribution in [3.8, 4) is 11.1 Å². The molecule has 0 radical (unpaired) electrons. The lowest BCUT2D eigenvalue weighted by Gasteiger charge is -2.33. The summed E-state index contributed by atoms with van der Waals surface area (Å²) in [5.74, 6) is -0.517. The van der Waals surface area contributed by atoms with Crippen LogP contribution < -0.4 is 0 Å². The SMILES string of the molecule is Cc1cc(C2C(=O)CC(C)(C)CC2=O)c(C)cc1-c1ccc(Cl)cc1. The third-order valence-corrected chi connectivity index (χ3v) is 5.28. The van der Waals surface area contributed by atoms with E-state index in [0.29, 0.717) is 17.9 Å². The van der Waals surface area contributed by atoms with Crippen LogP contribution in [0.2, 0.25) is 5.02 Å². The fraction of sp³-hybridized carbons (Fsp3) is 0.364. The van der Waals surface area contributed by atoms with Crippen molar-refractivity contribution in [1.82, 2.24) is 0 Å². The van der Waals surface area contributed by atoms with Crippen molar-refractivity contribution in [2.45, 2.75) is 46.5 Å². The Balaban J connectivity index is 2.02. The minimum absolute atomic E-state index is 0.0444. The lowest BCUT2D eigenvalue weighted by molar-refractivity contribution is -0.135. The second-order valence-corrected chi connectivity index (χ2v) is 8.35. The smallest absolute Gasteiger partial charge is 0.148 e. The van der Waals surface area contributed by atoms with Gasteiger partial charge in [0.25, 0.3) is 0 Å². The number of rotatable bonds is 2. The molecule has 130 valence electrons. The standard InChI is InChI=1S/C22H23ClO2/c1-13-10-18(21-19(24)11-22(3,4)12-20(21)25)14(2)9-17(13)15-5-7-16(23)8-6-15/h5-10,21H,11-12H2,1-4H3. The van der Waals surface area contributed by atoms with Gasteiger partial charge in [-0.2, -0.15) is 0 Å². The van der Waals surface area contributed by atoms with Crippen LogP contribution in [0.1, 0.15) is 49.3 Å². The van der Waals surface area contributed by atoms with E-state index in [4.69, 9.17) is 11.6 Å². The van der Waals surface area contributed by atoms with Gasteiger partial charge in [0.15, 0.2) is 0 Å². The van der Waals surface area contributed by atoms with Crippen LogP contribution in [-0.2, 0) is 9.59 Å². The second-order valence-electron chi connectivity index (χ2n) is 7.91. The van der Waals surface area contributed by atoms with Crippen molar-refractivity contribution >= 4 is 23.2 Å². The van der Waals surface area contributed by atoms with Crippen LogP contribution >= 0.6 is 11.6 Å². The number of carbonyl (C=O) groups excluding carboxylic acids is 2. The highest BCUT2D eigenvalue weighted by Crippen LogP contribution is 2.40. The predicted molar refractivity (Wildman–Crippen MR) is 102 cm³/mol. The van der Waals surface area contributed by atoms with Gasteiger partial charge in [0, 0.05) is 17.9 Å². The monoisotopic (exact) mass is 354 g/mol. The van der Waals surface area contributed by atoms with E-state index in [9.17, 15) is 9.59 Å². The van der Waals surface area contributed by atoms with Gasteiger partial charge in [-0.05, 0) is 59.2 Å². The molecule has 2 nitrogen and oxygen atoms in total. The fourth-order valence-corrected chi connectivity index (χ4v) is 3.95. The molecule has 0 amide bonds. The minimum atomic E-state index is -0.606. The van der Waals surface area contributed by atoms with Crippen LogP contribution in [-0.4, -0.2) is 11.6 Å². The molecule has 0 unspecified atom stereocenters. The molecule has 1 fully saturated rings. The highest BCUT2D eigenvalue weighted by molar-refractivity contribution is 6.30. The van der Waals surface area contributed by atoms with Gasteiger partial charge in [-0.15, -0.1) is 0 Å². The van der Waals surface area contributed by atoms with Crippen molar-refractivity contribution in [3.05, 3.63) is 58.1 Å². The minimum Gasteiger partial charge on any atom is -0.299 e. The molecule has 0 atom stereocenters. The van der Waals surface area contributed by atoms with E-state index in [-0.39, 0.29) is 17.0 Å². The zero-order valence-corrected chi connectivity index (χ0v) is 15.9. The molecule has 25 heavy (non-hydrogen) atoms. The van der Waals surface area contributed by atoms with Gasteiger partial charge in [-0.1, -0.05) is 49.7 Å². The van der Waals surface area contributed by atoms with E-state index in [1.165, 1.54) is 0 Å². The largest absolute Gasteiger partial charge is 0.299 e. The number of hydrogen-bond donors (Lipinski definition) is 0. The summed E-state index contributed by atoms with van der Waals surface area (Å²) >= 11 is 5.98. The molecule has 3 rings (SSSR count). The summed E-state index contributed by atoms with van der Waals surface area (Å²) in [6.45, 7) is 7.98. The van der Waals surface area contributed by atoms with Gasteiger partial charge in [0.05, 0.1) is 0 Å². The van der Waals surface area contributed by atoms with Crippen LogP contribution in [0.4, 0.5) is 0 Å². The average Bonchev–Trinajstić information content (AvgIpc) is 2.49. The first kappa shape index (κ1) is 17.9. The third kappa shape index (κ3) is 3.55. The van der Waals surface area contributed by atoms with Crippen LogP contribution in [0.15, 0.2) is 36.4 Å². The molecule has 2 aromatic rings. The Morgan fingerprint density at radius 3 is 2.04 bits per heavy atom. The summed E-state index contributed by atoms with van der Waals surface area (Å²) in [5, 5.41) is 0.704. The highest BCUT2D eigenvalue weighted by atomic mass is 35.5. The lowest BCUT2D eigenvalue weighted by atomic mass is 9.69. The molecule has 2 aromatic carbocycles. The summed E-state index contributed by atoms with van der Waals surface area (Å²) in [6, 6.07) is 11.8. The summed E-state index contributed by atoms with van der Waals surface area (Å²) in [7, 11) is 0. The second kappa shape index (κ2) is 6.42. The zero-order valence-electron chi connectivity index (χ0n) is 15.2. The number of Topliss-reactive ketones (excluding diaryl/α,β-unsaturated/α-hetero) is 2. The van der Waals surface area contributed by atoms with E-state index in [1.807, 2.05) is 58.0 Å². The average molecular weight is 355 g/mol. The van der Waals surface area contributed by atoms with Gasteiger partial charge in [-0.25, -0.2) is 0 Å². The number of halogens is 1. The summed E-state index contributed by atoms with van der Waals surface area (Å²) in [6.07, 6.45) is 0.918. The third-order valence-electron chi connectivity index (χ3n) is 5.03. The predicted octanol–water partition coefficient (Wildman–Crippen LogP) is 5.67. The molecule has 0 heterocycles. The number of ketones is 2. The Labute approximate surface area is 154 Å². The Bertz CT molecular complexity index is 827. The summed E-state index contributed by atoms with van der Waals surface area (Å²) in [4.78, 5) is 25.3. The molecule has 1 saturated carbocycles. The number of carbonyl (C=O) groups is 2. The first-order valence-corrected chi connectivity index (χ1v) is 8.98. The first-order chi connectivity index (χ1) is 11.7. The van der Waals surface area contributed by atoms with Gasteiger partial charge in [-0.3, -0.25) is 9.59 Å². The van der Waals surface area contributed by atoms with Gasteiger partial charge in [0.2, 0.25) is 0 Å². The Morgan fingerprint density at radius 2 is 1.48 bits per heavy atom. The summed E-state index contributed by atoms with van der Waals surface area (Å²) in [5.41, 5.74) is 4.88. The maximum absolute atomic E-state index is 12.6. The molecule has 0 saturated heterocycles. The van der Waals surface area contributed by atoms with Gasteiger partial charge < -0.3 is 0 Å². The molecule has 0 spiro atoms. The maximum Gasteiger partial charge on any atom is 0.148 e. The molecular formula is C22H23ClO2. The molecule has 1 aliphatic carbocycles. The number of benzene rings is 2. The van der Waals surface area contributed by atoms with Gasteiger partial charge >= 0.3 is 0 Å². The van der Waals surface area contributed by atoms with Crippen LogP contribution in [0.25, 0.3) is 11.1 Å². The van der Waals surface area contributed by atoms with Crippen LogP contribution in [0, 0.1) is 19.3 Å². The molecule has 0 bridgehead atoms. The van der Waals surface area contributed by atoms with Crippen LogP contribution in [0.5, 0.6) is 0 Å². The molecule has 3 heteroatoms. The first-order valence-electron chi connectivity index (χ1n) is 8.60. The normalized spacial score (nSPS) is 17.8. The number of aryl methyl sites for hydroxylation is 2. The fourth-order valence-electron chi connectivity index (χ4n) is 3.83. The zero-order chi connectivity index (χ0) is 18.4. The van der Waals surface area contributed by atoms with Crippen LogP contribution in [0.3, 0.4) is 0 Å². The van der Waals surface area contributed by atoms with E-state index in [2.05, 4.69) is 6.07 Å². The topological polar surface area (TPSA) is 34.1 Å². The van der Waals surface area contributed by atoms with Crippen molar-refractivity contribution in [1.29, 1.82) is 0 Å².